The molecule has 46 heavy (non-hydrogen) atoms. The second-order valence-corrected chi connectivity index (χ2v) is 17.2. The van der Waals surface area contributed by atoms with E-state index in [0.29, 0.717) is 30.3 Å². The monoisotopic (exact) mass is 659 g/mol. The number of rotatable bonds is 14. The molecular formula is C36H43ClFN5O2Si. The molecule has 0 aliphatic carbocycles. The van der Waals surface area contributed by atoms with E-state index in [2.05, 4.69) is 109 Å². The minimum atomic E-state index is -2.65. The summed E-state index contributed by atoms with van der Waals surface area (Å²) in [4.78, 5) is 9.13. The summed E-state index contributed by atoms with van der Waals surface area (Å²) in [6, 6.07) is 24.6. The van der Waals surface area contributed by atoms with Crippen molar-refractivity contribution >= 4 is 47.1 Å². The standard InChI is InChI=1S/C36H43ClFN5O2Si/c1-6-13-28(18-19-45-46(36(2,3)4,29-14-9-7-10-15-29)30-16-11-8-12-17-30)42-35-34-32(39-25-40-35)23-41-43(34)24-27-20-26(22-37)31(38)21-33(27)44-5/h7-12,14-17,20-21,23,25,28H,6,13,18-19,22,24H2,1-5H3,(H,39,40,42)/t28-/m0/s1. The number of nitrogens with one attached hydrogen (secondary N) is 1. The molecule has 0 saturated carbocycles. The van der Waals surface area contributed by atoms with Gasteiger partial charge in [0.25, 0.3) is 8.32 Å². The van der Waals surface area contributed by atoms with Crippen molar-refractivity contribution in [2.45, 2.75) is 70.5 Å². The van der Waals surface area contributed by atoms with Gasteiger partial charge in [-0.1, -0.05) is 94.8 Å². The minimum Gasteiger partial charge on any atom is -0.496 e. The highest BCUT2D eigenvalue weighted by atomic mass is 35.5. The van der Waals surface area contributed by atoms with Crippen LogP contribution in [0.5, 0.6) is 5.75 Å². The zero-order valence-electron chi connectivity index (χ0n) is 27.3. The van der Waals surface area contributed by atoms with Crippen LogP contribution in [0, 0.1) is 5.82 Å². The van der Waals surface area contributed by atoms with Crippen LogP contribution in [0.2, 0.25) is 5.04 Å². The van der Waals surface area contributed by atoms with Crippen LogP contribution >= 0.6 is 11.6 Å². The van der Waals surface area contributed by atoms with Crippen LogP contribution < -0.4 is 20.4 Å². The van der Waals surface area contributed by atoms with Crippen molar-refractivity contribution in [2.75, 3.05) is 19.0 Å². The van der Waals surface area contributed by atoms with Gasteiger partial charge in [0.2, 0.25) is 0 Å². The van der Waals surface area contributed by atoms with Crippen molar-refractivity contribution in [1.82, 2.24) is 19.7 Å². The van der Waals surface area contributed by atoms with Gasteiger partial charge in [-0.3, -0.25) is 4.68 Å². The van der Waals surface area contributed by atoms with Crippen LogP contribution in [-0.2, 0) is 16.9 Å². The molecule has 0 saturated heterocycles. The average molecular weight is 660 g/mol. The van der Waals surface area contributed by atoms with Gasteiger partial charge in [-0.15, -0.1) is 11.6 Å². The summed E-state index contributed by atoms with van der Waals surface area (Å²) in [6.45, 7) is 10.0. The molecule has 3 aromatic carbocycles. The predicted molar refractivity (Wildman–Crippen MR) is 187 cm³/mol. The number of methoxy groups -OCH3 is 1. The largest absolute Gasteiger partial charge is 0.496 e. The highest BCUT2D eigenvalue weighted by molar-refractivity contribution is 6.99. The van der Waals surface area contributed by atoms with Crippen molar-refractivity contribution in [3.63, 3.8) is 0 Å². The third kappa shape index (κ3) is 6.96. The first-order valence-corrected chi connectivity index (χ1v) is 18.2. The highest BCUT2D eigenvalue weighted by Gasteiger charge is 2.50. The summed E-state index contributed by atoms with van der Waals surface area (Å²) in [7, 11) is -1.12. The number of ether oxygens (including phenoxy) is 1. The SMILES string of the molecule is CCC[C@@H](CCO[Si](c1ccccc1)(c1ccccc1)C(C)(C)C)Nc1ncnc2cnn(Cc3cc(CCl)c(F)cc3OC)c12. The van der Waals surface area contributed by atoms with Crippen LogP contribution in [0.4, 0.5) is 10.2 Å². The van der Waals surface area contributed by atoms with E-state index in [1.165, 1.54) is 23.5 Å². The van der Waals surface area contributed by atoms with Gasteiger partial charge in [-0.25, -0.2) is 14.4 Å². The van der Waals surface area contributed by atoms with Crippen LogP contribution in [-0.4, -0.2) is 47.8 Å². The molecule has 10 heteroatoms. The third-order valence-electron chi connectivity index (χ3n) is 8.52. The van der Waals surface area contributed by atoms with Gasteiger partial charge in [0.15, 0.2) is 5.82 Å². The molecule has 0 fully saturated rings. The molecule has 242 valence electrons. The number of hydrogen-bond acceptors (Lipinski definition) is 6. The Morgan fingerprint density at radius 1 is 0.957 bits per heavy atom. The summed E-state index contributed by atoms with van der Waals surface area (Å²) in [5.74, 6) is 0.804. The molecule has 7 nitrogen and oxygen atoms in total. The molecule has 0 unspecified atom stereocenters. The normalized spacial score (nSPS) is 12.8. The Kier molecular flexibility index (Phi) is 10.8. The highest BCUT2D eigenvalue weighted by Crippen LogP contribution is 2.37. The first-order chi connectivity index (χ1) is 22.2. The smallest absolute Gasteiger partial charge is 0.261 e. The summed E-state index contributed by atoms with van der Waals surface area (Å²) in [5, 5.41) is 10.8. The van der Waals surface area contributed by atoms with E-state index in [1.54, 1.807) is 18.6 Å². The Morgan fingerprint density at radius 2 is 1.63 bits per heavy atom. The molecule has 2 heterocycles. The topological polar surface area (TPSA) is 74.1 Å². The predicted octanol–water partition coefficient (Wildman–Crippen LogP) is 7.31. The number of nitrogens with zero attached hydrogens (tertiary/aromatic N) is 4. The molecule has 0 aliphatic rings. The maximum absolute atomic E-state index is 14.4. The molecule has 0 radical (unpaired) electrons. The summed E-state index contributed by atoms with van der Waals surface area (Å²) < 4.78 is 29.0. The summed E-state index contributed by atoms with van der Waals surface area (Å²) in [6.07, 6.45) is 6.01. The molecular weight excluding hydrogens is 617 g/mol. The van der Waals surface area contributed by atoms with E-state index < -0.39 is 14.1 Å². The van der Waals surface area contributed by atoms with Gasteiger partial charge in [0.05, 0.1) is 25.7 Å². The van der Waals surface area contributed by atoms with E-state index in [4.69, 9.17) is 20.8 Å². The second-order valence-electron chi connectivity index (χ2n) is 12.6. The lowest BCUT2D eigenvalue weighted by Gasteiger charge is -2.43. The molecule has 2 aromatic heterocycles. The first-order valence-electron chi connectivity index (χ1n) is 15.8. The summed E-state index contributed by atoms with van der Waals surface area (Å²) in [5.41, 5.74) is 2.67. The fourth-order valence-corrected chi connectivity index (χ4v) is 11.1. The maximum Gasteiger partial charge on any atom is 0.261 e. The van der Waals surface area contributed by atoms with Crippen LogP contribution in [0.15, 0.2) is 85.3 Å². The number of anilines is 1. The molecule has 0 amide bonds. The maximum atomic E-state index is 14.4. The molecule has 0 aliphatic heterocycles. The minimum absolute atomic E-state index is 0.0628. The van der Waals surface area contributed by atoms with E-state index in [0.717, 1.165) is 35.9 Å². The number of halogens is 2. The molecule has 5 rings (SSSR count). The van der Waals surface area contributed by atoms with E-state index in [-0.39, 0.29) is 17.0 Å². The Balaban J connectivity index is 1.42. The quantitative estimate of drug-likeness (QED) is 0.0996. The fourth-order valence-electron chi connectivity index (χ4n) is 6.32. The van der Waals surface area contributed by atoms with Crippen molar-refractivity contribution in [2.24, 2.45) is 0 Å². The number of alkyl halides is 1. The van der Waals surface area contributed by atoms with Gasteiger partial charge in [-0.05, 0) is 34.3 Å². The Labute approximate surface area is 277 Å². The van der Waals surface area contributed by atoms with E-state index in [9.17, 15) is 4.39 Å². The molecule has 1 atom stereocenters. The van der Waals surface area contributed by atoms with Crippen molar-refractivity contribution in [3.8, 4) is 5.75 Å². The second kappa shape index (κ2) is 14.7. The van der Waals surface area contributed by atoms with Crippen molar-refractivity contribution < 1.29 is 13.6 Å². The van der Waals surface area contributed by atoms with E-state index >= 15 is 0 Å². The van der Waals surface area contributed by atoms with E-state index in [1.807, 2.05) is 4.68 Å². The van der Waals surface area contributed by atoms with Gasteiger partial charge >= 0.3 is 0 Å². The van der Waals surface area contributed by atoms with Crippen molar-refractivity contribution in [1.29, 1.82) is 0 Å². The Hall–Kier alpha value is -3.79. The summed E-state index contributed by atoms with van der Waals surface area (Å²) >= 11 is 6.01. The third-order valence-corrected chi connectivity index (χ3v) is 13.9. The van der Waals surface area contributed by atoms with Gasteiger partial charge < -0.3 is 14.5 Å². The molecule has 5 aromatic rings. The zero-order valence-corrected chi connectivity index (χ0v) is 29.0. The average Bonchev–Trinajstić information content (AvgIpc) is 3.47. The zero-order chi connectivity index (χ0) is 32.7. The Morgan fingerprint density at radius 3 is 2.22 bits per heavy atom. The van der Waals surface area contributed by atoms with Gasteiger partial charge in [-0.2, -0.15) is 5.10 Å². The van der Waals surface area contributed by atoms with Crippen molar-refractivity contribution in [3.05, 3.63) is 102 Å². The number of benzene rings is 3. The first kappa shape index (κ1) is 33.6. The lowest BCUT2D eigenvalue weighted by Crippen LogP contribution is -2.66. The lowest BCUT2D eigenvalue weighted by molar-refractivity contribution is 0.281. The molecule has 0 bridgehead atoms. The number of aromatic nitrogens is 4. The van der Waals surface area contributed by atoms with Crippen LogP contribution in [0.25, 0.3) is 11.0 Å². The lowest BCUT2D eigenvalue weighted by atomic mass is 10.1. The number of fused-ring (bicyclic) bond motifs is 1. The van der Waals surface area contributed by atoms with Crippen LogP contribution in [0.1, 0.15) is 58.1 Å². The fraction of sp³-hybridized carbons (Fsp3) is 0.361. The number of hydrogen-bond donors (Lipinski definition) is 1. The van der Waals surface area contributed by atoms with Gasteiger partial charge in [0.1, 0.15) is 28.9 Å². The molecule has 1 N–H and O–H groups in total. The molecule has 0 spiro atoms. The van der Waals surface area contributed by atoms with Crippen LogP contribution in [0.3, 0.4) is 0 Å². The Bertz CT molecular complexity index is 1690. The van der Waals surface area contributed by atoms with Gasteiger partial charge in [0, 0.05) is 29.8 Å².